The Bertz CT molecular complexity index is 973. The van der Waals surface area contributed by atoms with Gasteiger partial charge >= 0.3 is 0 Å². The Morgan fingerprint density at radius 1 is 1.19 bits per heavy atom. The van der Waals surface area contributed by atoms with E-state index in [0.717, 1.165) is 5.56 Å². The number of benzene rings is 1. The molecule has 0 saturated carbocycles. The van der Waals surface area contributed by atoms with Gasteiger partial charge in [0, 0.05) is 50.7 Å². The summed E-state index contributed by atoms with van der Waals surface area (Å²) < 4.78 is 39.7. The number of piperidine rings is 1. The Hall–Kier alpha value is -2.98. The van der Waals surface area contributed by atoms with Crippen molar-refractivity contribution in [2.24, 2.45) is 0 Å². The van der Waals surface area contributed by atoms with Gasteiger partial charge < -0.3 is 15.5 Å². The van der Waals surface area contributed by atoms with Gasteiger partial charge in [0.05, 0.1) is 6.67 Å². The van der Waals surface area contributed by atoms with Crippen LogP contribution in [0.1, 0.15) is 28.8 Å². The Balaban J connectivity index is 1.29. The molecule has 2 amide bonds. The summed E-state index contributed by atoms with van der Waals surface area (Å²) in [6.07, 6.45) is 4.82. The normalized spacial score (nSPS) is 18.7. The Kier molecular flexibility index (Phi) is 6.43. The van der Waals surface area contributed by atoms with Gasteiger partial charge in [0.1, 0.15) is 5.54 Å². The molecule has 1 spiro atoms. The van der Waals surface area contributed by atoms with E-state index in [1.165, 1.54) is 0 Å². The van der Waals surface area contributed by atoms with Gasteiger partial charge in [0.2, 0.25) is 5.91 Å². The molecule has 2 saturated heterocycles. The minimum atomic E-state index is -1.60. The highest BCUT2D eigenvalue weighted by molar-refractivity contribution is 5.94. The highest BCUT2D eigenvalue weighted by atomic mass is 19.2. The number of halogens is 3. The second-order valence-corrected chi connectivity index (χ2v) is 8.11. The largest absolute Gasteiger partial charge is 0.351 e. The molecule has 4 rings (SSSR count). The van der Waals surface area contributed by atoms with Crippen molar-refractivity contribution in [1.82, 2.24) is 25.4 Å². The van der Waals surface area contributed by atoms with Crippen molar-refractivity contribution in [1.29, 1.82) is 0 Å². The molecule has 0 atom stereocenters. The number of hydrogen-bond donors (Lipinski definition) is 2. The molecule has 0 radical (unpaired) electrons. The quantitative estimate of drug-likeness (QED) is 0.659. The van der Waals surface area contributed by atoms with Crippen molar-refractivity contribution in [3.63, 3.8) is 0 Å². The Morgan fingerprint density at radius 3 is 2.56 bits per heavy atom. The zero-order chi connectivity index (χ0) is 22.7. The molecule has 10 heteroatoms. The summed E-state index contributed by atoms with van der Waals surface area (Å²) in [5.74, 6) is -5.04. The van der Waals surface area contributed by atoms with E-state index in [4.69, 9.17) is 0 Å². The number of nitrogens with zero attached hydrogens (tertiary/aromatic N) is 3. The third kappa shape index (κ3) is 4.46. The second-order valence-electron chi connectivity index (χ2n) is 8.11. The number of likely N-dealkylation sites (tertiary alicyclic amines) is 1. The molecule has 2 aromatic rings. The van der Waals surface area contributed by atoms with Gasteiger partial charge in [-0.2, -0.15) is 0 Å². The van der Waals surface area contributed by atoms with Crippen LogP contribution in [-0.4, -0.2) is 65.0 Å². The maximum absolute atomic E-state index is 13.3. The van der Waals surface area contributed by atoms with Gasteiger partial charge in [0.25, 0.3) is 5.91 Å². The summed E-state index contributed by atoms with van der Waals surface area (Å²) in [7, 11) is 0. The molecular weight excluding hydrogens is 423 g/mol. The topological polar surface area (TPSA) is 77.6 Å². The molecule has 170 valence electrons. The van der Waals surface area contributed by atoms with E-state index in [9.17, 15) is 22.8 Å². The fraction of sp³-hybridized carbons (Fsp3) is 0.409. The Morgan fingerprint density at radius 2 is 1.91 bits per heavy atom. The van der Waals surface area contributed by atoms with Crippen LogP contribution in [0.5, 0.6) is 0 Å². The number of pyridine rings is 1. The van der Waals surface area contributed by atoms with Crippen molar-refractivity contribution in [2.75, 3.05) is 32.8 Å². The van der Waals surface area contributed by atoms with Crippen LogP contribution < -0.4 is 10.6 Å². The van der Waals surface area contributed by atoms with E-state index in [-0.39, 0.29) is 18.0 Å². The van der Waals surface area contributed by atoms with Crippen LogP contribution in [0.25, 0.3) is 0 Å². The number of carbonyl (C=O) groups is 2. The van der Waals surface area contributed by atoms with Gasteiger partial charge in [-0.05, 0) is 36.6 Å². The first-order chi connectivity index (χ1) is 15.4. The standard InChI is InChI=1S/C22H24F3N5O2/c23-17-10-16(11-18(24)19(17)25)20(31)27-6-9-29-7-3-22(4-8-29)21(32)28-14-30(22)13-15-2-1-5-26-12-15/h1-2,5,10-12H,3-4,6-9,13-14H2,(H,27,31)(H,28,32). The van der Waals surface area contributed by atoms with Crippen molar-refractivity contribution < 1.29 is 22.8 Å². The van der Waals surface area contributed by atoms with Crippen molar-refractivity contribution in [2.45, 2.75) is 24.9 Å². The molecule has 2 N–H and O–H groups in total. The number of amides is 2. The second kappa shape index (κ2) is 9.25. The molecule has 3 heterocycles. The van der Waals surface area contributed by atoms with Crippen LogP contribution in [0.3, 0.4) is 0 Å². The molecule has 1 aromatic heterocycles. The lowest BCUT2D eigenvalue weighted by atomic mass is 9.86. The van der Waals surface area contributed by atoms with E-state index in [1.54, 1.807) is 12.4 Å². The minimum absolute atomic E-state index is 0.0368. The maximum Gasteiger partial charge on any atom is 0.251 e. The first kappa shape index (κ1) is 22.2. The summed E-state index contributed by atoms with van der Waals surface area (Å²) >= 11 is 0. The molecule has 2 aliphatic rings. The third-order valence-corrected chi connectivity index (χ3v) is 6.20. The zero-order valence-corrected chi connectivity index (χ0v) is 17.4. The van der Waals surface area contributed by atoms with Crippen LogP contribution in [0, 0.1) is 17.5 Å². The summed E-state index contributed by atoms with van der Waals surface area (Å²) in [5.41, 5.74) is 0.216. The lowest BCUT2D eigenvalue weighted by Crippen LogP contribution is -2.56. The zero-order valence-electron chi connectivity index (χ0n) is 17.4. The van der Waals surface area contributed by atoms with E-state index in [1.807, 2.05) is 12.1 Å². The highest BCUT2D eigenvalue weighted by Crippen LogP contribution is 2.33. The maximum atomic E-state index is 13.3. The lowest BCUT2D eigenvalue weighted by molar-refractivity contribution is -0.129. The van der Waals surface area contributed by atoms with E-state index in [0.29, 0.717) is 57.8 Å². The number of rotatable bonds is 6. The van der Waals surface area contributed by atoms with Crippen LogP contribution >= 0.6 is 0 Å². The fourth-order valence-corrected chi connectivity index (χ4v) is 4.35. The van der Waals surface area contributed by atoms with E-state index < -0.39 is 28.9 Å². The highest BCUT2D eigenvalue weighted by Gasteiger charge is 2.49. The summed E-state index contributed by atoms with van der Waals surface area (Å²) in [5, 5.41) is 5.56. The van der Waals surface area contributed by atoms with Gasteiger partial charge in [-0.15, -0.1) is 0 Å². The minimum Gasteiger partial charge on any atom is -0.351 e. The van der Waals surface area contributed by atoms with Crippen molar-refractivity contribution in [3.8, 4) is 0 Å². The SMILES string of the molecule is O=C(NCCN1CCC2(CC1)C(=O)NCN2Cc1cccnc1)c1cc(F)c(F)c(F)c1. The first-order valence-corrected chi connectivity index (χ1v) is 10.5. The van der Waals surface area contributed by atoms with Crippen LogP contribution in [0.4, 0.5) is 13.2 Å². The van der Waals surface area contributed by atoms with Gasteiger partial charge in [0.15, 0.2) is 17.5 Å². The molecule has 7 nitrogen and oxygen atoms in total. The van der Waals surface area contributed by atoms with Crippen LogP contribution in [0.2, 0.25) is 0 Å². The molecule has 2 aliphatic heterocycles. The average molecular weight is 447 g/mol. The molecule has 32 heavy (non-hydrogen) atoms. The fourth-order valence-electron chi connectivity index (χ4n) is 4.35. The predicted molar refractivity (Wildman–Crippen MR) is 110 cm³/mol. The summed E-state index contributed by atoms with van der Waals surface area (Å²) in [6.45, 7) is 3.26. The van der Waals surface area contributed by atoms with Crippen molar-refractivity contribution >= 4 is 11.8 Å². The number of carbonyl (C=O) groups excluding carboxylic acids is 2. The van der Waals surface area contributed by atoms with Gasteiger partial charge in [-0.25, -0.2) is 13.2 Å². The Labute approximate surface area is 183 Å². The smallest absolute Gasteiger partial charge is 0.251 e. The van der Waals surface area contributed by atoms with Crippen LogP contribution in [0.15, 0.2) is 36.7 Å². The van der Waals surface area contributed by atoms with Gasteiger partial charge in [-0.1, -0.05) is 6.07 Å². The molecule has 0 bridgehead atoms. The van der Waals surface area contributed by atoms with Crippen molar-refractivity contribution in [3.05, 3.63) is 65.2 Å². The molecular formula is C22H24F3N5O2. The van der Waals surface area contributed by atoms with Crippen LogP contribution in [-0.2, 0) is 11.3 Å². The molecule has 0 aliphatic carbocycles. The lowest BCUT2D eigenvalue weighted by Gasteiger charge is -2.42. The van der Waals surface area contributed by atoms with E-state index >= 15 is 0 Å². The monoisotopic (exact) mass is 447 g/mol. The molecule has 2 fully saturated rings. The predicted octanol–water partition coefficient (Wildman–Crippen LogP) is 1.65. The third-order valence-electron chi connectivity index (χ3n) is 6.20. The van der Waals surface area contributed by atoms with Gasteiger partial charge in [-0.3, -0.25) is 19.5 Å². The summed E-state index contributed by atoms with van der Waals surface area (Å²) in [4.78, 5) is 33.2. The van der Waals surface area contributed by atoms with E-state index in [2.05, 4.69) is 25.4 Å². The summed E-state index contributed by atoms with van der Waals surface area (Å²) in [6, 6.07) is 5.21. The number of nitrogens with one attached hydrogen (secondary N) is 2. The number of hydrogen-bond acceptors (Lipinski definition) is 5. The number of aromatic nitrogens is 1. The first-order valence-electron chi connectivity index (χ1n) is 10.5. The molecule has 0 unspecified atom stereocenters. The average Bonchev–Trinajstić information content (AvgIpc) is 3.08. The molecule has 1 aromatic carbocycles.